The second-order valence-electron chi connectivity index (χ2n) is 17.3. The Bertz CT molecular complexity index is 2380. The SMILES string of the molecule is CC[C@@H]1C(=O)N(C)c2cnc(Nc3ccc(/C(=C/NC4CCC(NCCOCCC#Cc5cccc6c5CN(C5CCC(=O)NC5=O)C6=O)CC4)N=N)cc3OC)nc2N1C1CCCC1. The molecule has 8 rings (SSSR count). The van der Waals surface area contributed by atoms with Crippen LogP contribution in [-0.4, -0.2) is 103 Å². The van der Waals surface area contributed by atoms with E-state index in [1.165, 1.54) is 0 Å². The lowest BCUT2D eigenvalue weighted by molar-refractivity contribution is -0.137. The van der Waals surface area contributed by atoms with Crippen LogP contribution in [0.1, 0.15) is 111 Å². The second kappa shape index (κ2) is 20.6. The molecule has 65 heavy (non-hydrogen) atoms. The number of likely N-dealkylation sites (N-methyl/N-ethyl adjacent to an activating group) is 1. The topological polar surface area (TPSA) is 207 Å². The quantitative estimate of drug-likeness (QED) is 0.0503. The van der Waals surface area contributed by atoms with Gasteiger partial charge in [0.05, 0.1) is 32.2 Å². The Labute approximate surface area is 380 Å². The standard InChI is InChI=1S/C48H59N11O6/c1-4-39-47(63)57(2)41-28-52-48(55-44(41)59(39)34-12-5-6-13-34)53-37-20-15-31(26-42(37)64-3)38(56-49)27-51-33-18-16-32(17-19-33)50-23-25-65-24-8-7-10-30-11-9-14-35-36(30)29-58(46(35)62)40-21-22-43(60)54-45(40)61/h9,11,14-15,20,26-28,32-34,39-40,49-51H,4-6,8,12-13,16-19,21-25,29H2,1-3H3,(H,52,53,55)(H,54,60,61)/b38-27-,56-49?/t32?,33?,39-,40?/m1/s1. The zero-order chi connectivity index (χ0) is 45.5. The van der Waals surface area contributed by atoms with Crippen molar-refractivity contribution < 1.29 is 28.7 Å². The number of piperidine rings is 1. The van der Waals surface area contributed by atoms with E-state index in [9.17, 15) is 19.2 Å². The predicted octanol–water partition coefficient (Wildman–Crippen LogP) is 5.77. The zero-order valence-electron chi connectivity index (χ0n) is 37.5. The maximum Gasteiger partial charge on any atom is 0.255 e. The Hall–Kier alpha value is -6.38. The molecule has 4 amide bonds. The Balaban J connectivity index is 0.770. The summed E-state index contributed by atoms with van der Waals surface area (Å²) in [6.07, 6.45) is 13.7. The lowest BCUT2D eigenvalue weighted by Crippen LogP contribution is -2.55. The minimum atomic E-state index is -0.653. The highest BCUT2D eigenvalue weighted by Crippen LogP contribution is 2.41. The highest BCUT2D eigenvalue weighted by atomic mass is 16.5. The number of carbonyl (C=O) groups excluding carboxylic acids is 4. The van der Waals surface area contributed by atoms with Crippen molar-refractivity contribution in [1.82, 2.24) is 30.8 Å². The molecule has 4 heterocycles. The van der Waals surface area contributed by atoms with E-state index in [4.69, 9.17) is 20.0 Å². The Morgan fingerprint density at radius 2 is 1.83 bits per heavy atom. The molecule has 17 heteroatoms. The number of nitrogens with one attached hydrogen (secondary N) is 5. The van der Waals surface area contributed by atoms with Crippen molar-refractivity contribution in [3.8, 4) is 17.6 Å². The first-order valence-electron chi connectivity index (χ1n) is 23.0. The maximum absolute atomic E-state index is 13.3. The summed E-state index contributed by atoms with van der Waals surface area (Å²) in [4.78, 5) is 65.4. The molecule has 2 saturated carbocycles. The van der Waals surface area contributed by atoms with E-state index in [1.54, 1.807) is 36.2 Å². The van der Waals surface area contributed by atoms with Crippen molar-refractivity contribution in [2.45, 2.75) is 121 Å². The number of carbonyl (C=O) groups is 4. The molecule has 2 atom stereocenters. The van der Waals surface area contributed by atoms with Gasteiger partial charge in [-0.3, -0.25) is 24.5 Å². The van der Waals surface area contributed by atoms with E-state index in [2.05, 4.69) is 55.0 Å². The van der Waals surface area contributed by atoms with Gasteiger partial charge in [-0.15, -0.1) is 0 Å². The van der Waals surface area contributed by atoms with Gasteiger partial charge in [0.2, 0.25) is 23.7 Å². The summed E-state index contributed by atoms with van der Waals surface area (Å²) in [6, 6.07) is 11.1. The highest BCUT2D eigenvalue weighted by molar-refractivity contribution is 6.06. The van der Waals surface area contributed by atoms with Crippen LogP contribution in [-0.2, 0) is 25.7 Å². The summed E-state index contributed by atoms with van der Waals surface area (Å²) in [5.41, 5.74) is 12.7. The number of fused-ring (bicyclic) bond motifs is 2. The molecule has 0 radical (unpaired) electrons. The van der Waals surface area contributed by atoms with Crippen LogP contribution < -0.4 is 35.8 Å². The molecular formula is C48H59N11O6. The highest BCUT2D eigenvalue weighted by Gasteiger charge is 2.42. The number of aromatic nitrogens is 2. The molecule has 0 bridgehead atoms. The third-order valence-electron chi connectivity index (χ3n) is 13.3. The smallest absolute Gasteiger partial charge is 0.255 e. The molecule has 3 aliphatic heterocycles. The molecule has 5 N–H and O–H groups in total. The van der Waals surface area contributed by atoms with Crippen LogP contribution in [0.4, 0.5) is 23.1 Å². The van der Waals surface area contributed by atoms with Gasteiger partial charge in [-0.1, -0.05) is 43.7 Å². The number of benzene rings is 2. The molecule has 2 aromatic carbocycles. The van der Waals surface area contributed by atoms with E-state index in [1.807, 2.05) is 36.5 Å². The fourth-order valence-corrected chi connectivity index (χ4v) is 9.78. The third-order valence-corrected chi connectivity index (χ3v) is 13.3. The van der Waals surface area contributed by atoms with Crippen LogP contribution >= 0.6 is 0 Å². The van der Waals surface area contributed by atoms with Crippen molar-refractivity contribution in [3.05, 3.63) is 71.0 Å². The van der Waals surface area contributed by atoms with Crippen LogP contribution in [0.3, 0.4) is 0 Å². The van der Waals surface area contributed by atoms with E-state index in [-0.39, 0.29) is 42.3 Å². The Morgan fingerprint density at radius 3 is 2.58 bits per heavy atom. The van der Waals surface area contributed by atoms with Crippen LogP contribution in [0.15, 0.2) is 53.9 Å². The van der Waals surface area contributed by atoms with Crippen LogP contribution in [0.2, 0.25) is 0 Å². The minimum absolute atomic E-state index is 0.0743. The maximum atomic E-state index is 13.3. The summed E-state index contributed by atoms with van der Waals surface area (Å²) in [5, 5.41) is 16.6. The van der Waals surface area contributed by atoms with Gasteiger partial charge in [0, 0.05) is 74.0 Å². The normalized spacial score (nSPS) is 22.3. The molecule has 1 aromatic heterocycles. The van der Waals surface area contributed by atoms with Crippen molar-refractivity contribution in [2.24, 2.45) is 5.11 Å². The van der Waals surface area contributed by atoms with Crippen LogP contribution in [0, 0.1) is 17.4 Å². The monoisotopic (exact) mass is 885 g/mol. The molecule has 5 aliphatic rings. The lowest BCUT2D eigenvalue weighted by atomic mass is 9.91. The fraction of sp³-hybridized carbons (Fsp3) is 0.500. The van der Waals surface area contributed by atoms with Gasteiger partial charge >= 0.3 is 0 Å². The molecule has 2 aliphatic carbocycles. The van der Waals surface area contributed by atoms with Gasteiger partial charge < -0.3 is 40.1 Å². The van der Waals surface area contributed by atoms with Gasteiger partial charge in [-0.05, 0) is 81.2 Å². The lowest BCUT2D eigenvalue weighted by Gasteiger charge is -2.43. The molecular weight excluding hydrogens is 827 g/mol. The van der Waals surface area contributed by atoms with Crippen LogP contribution in [0.5, 0.6) is 5.75 Å². The number of amides is 4. The molecule has 3 fully saturated rings. The van der Waals surface area contributed by atoms with Crippen LogP contribution in [0.25, 0.3) is 5.70 Å². The van der Waals surface area contributed by atoms with E-state index in [0.717, 1.165) is 80.4 Å². The number of hydrogen-bond acceptors (Lipinski definition) is 14. The number of rotatable bonds is 16. The minimum Gasteiger partial charge on any atom is -0.495 e. The molecule has 342 valence electrons. The molecule has 3 aromatic rings. The number of imide groups is 1. The van der Waals surface area contributed by atoms with E-state index < -0.39 is 11.9 Å². The second-order valence-corrected chi connectivity index (χ2v) is 17.3. The Morgan fingerprint density at radius 1 is 1.03 bits per heavy atom. The van der Waals surface area contributed by atoms with Crippen molar-refractivity contribution >= 4 is 52.5 Å². The summed E-state index contributed by atoms with van der Waals surface area (Å²) in [7, 11) is 3.40. The average Bonchev–Trinajstić information content (AvgIpc) is 3.98. The van der Waals surface area contributed by atoms with Gasteiger partial charge in [0.1, 0.15) is 29.2 Å². The molecule has 1 unspecified atom stereocenters. The largest absolute Gasteiger partial charge is 0.495 e. The number of hydrogen-bond donors (Lipinski definition) is 5. The fourth-order valence-electron chi connectivity index (χ4n) is 9.78. The predicted molar refractivity (Wildman–Crippen MR) is 246 cm³/mol. The molecule has 1 saturated heterocycles. The first-order valence-corrected chi connectivity index (χ1v) is 23.0. The summed E-state index contributed by atoms with van der Waals surface area (Å²) in [5.74, 6) is 7.24. The van der Waals surface area contributed by atoms with Gasteiger partial charge in [0.15, 0.2) is 5.82 Å². The first kappa shape index (κ1) is 45.2. The third kappa shape index (κ3) is 9.98. The van der Waals surface area contributed by atoms with Crippen molar-refractivity contribution in [3.63, 3.8) is 0 Å². The number of methoxy groups -OCH3 is 1. The van der Waals surface area contributed by atoms with E-state index >= 15 is 0 Å². The van der Waals surface area contributed by atoms with Crippen molar-refractivity contribution in [1.29, 1.82) is 5.53 Å². The summed E-state index contributed by atoms with van der Waals surface area (Å²) in [6.45, 7) is 4.15. The van der Waals surface area contributed by atoms with E-state index in [0.29, 0.717) is 79.4 Å². The first-order chi connectivity index (χ1) is 31.7. The molecule has 17 nitrogen and oxygen atoms in total. The van der Waals surface area contributed by atoms with Gasteiger partial charge in [0.25, 0.3) is 5.91 Å². The summed E-state index contributed by atoms with van der Waals surface area (Å²) >= 11 is 0. The van der Waals surface area contributed by atoms with Gasteiger partial charge in [-0.2, -0.15) is 10.1 Å². The van der Waals surface area contributed by atoms with Gasteiger partial charge in [-0.25, -0.2) is 10.5 Å². The summed E-state index contributed by atoms with van der Waals surface area (Å²) < 4.78 is 11.6. The number of anilines is 4. The number of nitrogens with zero attached hydrogens (tertiary/aromatic N) is 6. The number of ether oxygens (including phenoxy) is 2. The van der Waals surface area contributed by atoms with Crippen molar-refractivity contribution in [2.75, 3.05) is 49.0 Å². The Kier molecular flexibility index (Phi) is 14.3. The molecule has 0 spiro atoms. The zero-order valence-corrected chi connectivity index (χ0v) is 37.5. The average molecular weight is 886 g/mol.